The summed E-state index contributed by atoms with van der Waals surface area (Å²) in [5.74, 6) is -2.00. The van der Waals surface area contributed by atoms with Crippen LogP contribution in [0.5, 0.6) is 0 Å². The van der Waals surface area contributed by atoms with Crippen molar-refractivity contribution in [1.29, 1.82) is 0 Å². The van der Waals surface area contributed by atoms with Crippen molar-refractivity contribution in [1.82, 2.24) is 9.97 Å². The molecule has 3 rings (SSSR count). The predicted octanol–water partition coefficient (Wildman–Crippen LogP) is 4.22. The molecule has 0 bridgehead atoms. The van der Waals surface area contributed by atoms with Crippen molar-refractivity contribution in [2.24, 2.45) is 0 Å². The van der Waals surface area contributed by atoms with Crippen LogP contribution < -0.4 is 0 Å². The third kappa shape index (κ3) is 2.25. The first kappa shape index (κ1) is 13.0. The second-order valence-electron chi connectivity index (χ2n) is 4.34. The van der Waals surface area contributed by atoms with Gasteiger partial charge in [-0.2, -0.15) is 0 Å². The van der Waals surface area contributed by atoms with Gasteiger partial charge < -0.3 is 4.98 Å². The number of imidazole rings is 1. The summed E-state index contributed by atoms with van der Waals surface area (Å²) in [6, 6.07) is 6.38. The molecule has 0 aliphatic heterocycles. The number of nitrogens with one attached hydrogen (secondary N) is 1. The number of H-pyrrole nitrogens is 1. The number of hydrogen-bond donors (Lipinski definition) is 1. The maximum absolute atomic E-state index is 13.7. The van der Waals surface area contributed by atoms with E-state index in [0.717, 1.165) is 12.1 Å². The highest BCUT2D eigenvalue weighted by atomic mass is 35.5. The molecule has 0 saturated heterocycles. The second kappa shape index (κ2) is 4.83. The Morgan fingerprint density at radius 2 is 1.80 bits per heavy atom. The van der Waals surface area contributed by atoms with Crippen molar-refractivity contribution in [2.45, 2.75) is 6.42 Å². The van der Waals surface area contributed by atoms with Gasteiger partial charge in [-0.15, -0.1) is 0 Å². The summed E-state index contributed by atoms with van der Waals surface area (Å²) in [7, 11) is 0. The lowest BCUT2D eigenvalue weighted by Crippen LogP contribution is -1.95. The van der Waals surface area contributed by atoms with Crippen LogP contribution in [0.4, 0.5) is 13.2 Å². The number of benzene rings is 2. The molecule has 6 heteroatoms. The smallest absolute Gasteiger partial charge is 0.161 e. The lowest BCUT2D eigenvalue weighted by Gasteiger charge is -2.03. The Kier molecular flexibility index (Phi) is 3.14. The maximum atomic E-state index is 13.7. The van der Waals surface area contributed by atoms with Gasteiger partial charge in [-0.3, -0.25) is 0 Å². The molecule has 1 heterocycles. The quantitative estimate of drug-likeness (QED) is 0.753. The minimum atomic E-state index is -0.973. The Hall–Kier alpha value is -2.01. The molecule has 1 aromatic heterocycles. The molecule has 0 aliphatic rings. The first-order chi connectivity index (χ1) is 9.54. The highest BCUT2D eigenvalue weighted by molar-refractivity contribution is 6.31. The molecule has 102 valence electrons. The number of aromatic nitrogens is 2. The number of rotatable bonds is 2. The van der Waals surface area contributed by atoms with E-state index in [4.69, 9.17) is 11.6 Å². The molecule has 0 unspecified atom stereocenters. The van der Waals surface area contributed by atoms with Crippen LogP contribution in [0.25, 0.3) is 11.0 Å². The molecular weight excluding hydrogens is 289 g/mol. The van der Waals surface area contributed by atoms with Gasteiger partial charge in [0, 0.05) is 29.1 Å². The standard InChI is InChI=1S/C14H8ClF3N2/c15-8-2-1-3-9(16)7(8)4-14-19-12-5-10(17)11(18)6-13(12)20-14/h1-3,5-6H,4H2,(H,19,20). The van der Waals surface area contributed by atoms with Gasteiger partial charge in [0.1, 0.15) is 11.6 Å². The van der Waals surface area contributed by atoms with E-state index in [2.05, 4.69) is 9.97 Å². The fourth-order valence-corrected chi connectivity index (χ4v) is 2.24. The van der Waals surface area contributed by atoms with Crippen molar-refractivity contribution in [3.05, 3.63) is 64.2 Å². The average Bonchev–Trinajstić information content (AvgIpc) is 2.76. The Morgan fingerprint density at radius 1 is 1.05 bits per heavy atom. The van der Waals surface area contributed by atoms with Gasteiger partial charge in [-0.05, 0) is 12.1 Å². The molecule has 0 atom stereocenters. The van der Waals surface area contributed by atoms with Crippen LogP contribution in [0.15, 0.2) is 30.3 Å². The van der Waals surface area contributed by atoms with Crippen LogP contribution in [-0.2, 0) is 6.42 Å². The number of fused-ring (bicyclic) bond motifs is 1. The zero-order valence-corrected chi connectivity index (χ0v) is 10.8. The van der Waals surface area contributed by atoms with Crippen LogP contribution in [0.1, 0.15) is 11.4 Å². The zero-order valence-electron chi connectivity index (χ0n) is 10.1. The van der Waals surface area contributed by atoms with Gasteiger partial charge in [0.05, 0.1) is 11.0 Å². The van der Waals surface area contributed by atoms with Gasteiger partial charge in [0.2, 0.25) is 0 Å². The second-order valence-corrected chi connectivity index (χ2v) is 4.75. The fraction of sp³-hybridized carbons (Fsp3) is 0.0714. The molecule has 0 spiro atoms. The highest BCUT2D eigenvalue weighted by Crippen LogP contribution is 2.23. The Morgan fingerprint density at radius 3 is 2.55 bits per heavy atom. The van der Waals surface area contributed by atoms with E-state index in [9.17, 15) is 13.2 Å². The topological polar surface area (TPSA) is 28.7 Å². The third-order valence-corrected chi connectivity index (χ3v) is 3.33. The molecule has 0 amide bonds. The average molecular weight is 297 g/mol. The molecule has 3 aromatic rings. The molecular formula is C14H8ClF3N2. The summed E-state index contributed by atoms with van der Waals surface area (Å²) in [5.41, 5.74) is 0.923. The van der Waals surface area contributed by atoms with E-state index in [1.165, 1.54) is 12.1 Å². The van der Waals surface area contributed by atoms with E-state index < -0.39 is 17.5 Å². The van der Waals surface area contributed by atoms with Gasteiger partial charge in [0.25, 0.3) is 0 Å². The normalized spacial score (nSPS) is 11.2. The van der Waals surface area contributed by atoms with Crippen LogP contribution >= 0.6 is 11.6 Å². The van der Waals surface area contributed by atoms with E-state index in [-0.39, 0.29) is 22.5 Å². The molecule has 2 nitrogen and oxygen atoms in total. The summed E-state index contributed by atoms with van der Waals surface area (Å²) in [4.78, 5) is 6.93. The lowest BCUT2D eigenvalue weighted by molar-refractivity contribution is 0.510. The molecule has 20 heavy (non-hydrogen) atoms. The van der Waals surface area contributed by atoms with Crippen molar-refractivity contribution >= 4 is 22.6 Å². The van der Waals surface area contributed by atoms with Gasteiger partial charge in [0.15, 0.2) is 11.6 Å². The molecule has 0 saturated carbocycles. The van der Waals surface area contributed by atoms with E-state index in [1.54, 1.807) is 6.07 Å². The minimum absolute atomic E-state index is 0.115. The van der Waals surface area contributed by atoms with Gasteiger partial charge in [-0.1, -0.05) is 17.7 Å². The van der Waals surface area contributed by atoms with Crippen LogP contribution in [0.2, 0.25) is 5.02 Å². The molecule has 0 radical (unpaired) electrons. The maximum Gasteiger partial charge on any atom is 0.161 e. The van der Waals surface area contributed by atoms with E-state index in [1.807, 2.05) is 0 Å². The van der Waals surface area contributed by atoms with Crippen LogP contribution in [0, 0.1) is 17.5 Å². The third-order valence-electron chi connectivity index (χ3n) is 2.98. The van der Waals surface area contributed by atoms with Crippen molar-refractivity contribution < 1.29 is 13.2 Å². The lowest BCUT2D eigenvalue weighted by atomic mass is 10.1. The number of aromatic amines is 1. The monoisotopic (exact) mass is 296 g/mol. The fourth-order valence-electron chi connectivity index (χ4n) is 2.01. The predicted molar refractivity (Wildman–Crippen MR) is 70.2 cm³/mol. The summed E-state index contributed by atoms with van der Waals surface area (Å²) in [5, 5.41) is 0.280. The number of nitrogens with zero attached hydrogens (tertiary/aromatic N) is 1. The summed E-state index contributed by atoms with van der Waals surface area (Å²) >= 11 is 5.93. The molecule has 0 aliphatic carbocycles. The van der Waals surface area contributed by atoms with Gasteiger partial charge in [-0.25, -0.2) is 18.2 Å². The largest absolute Gasteiger partial charge is 0.342 e. The summed E-state index contributed by atoms with van der Waals surface area (Å²) < 4.78 is 39.9. The zero-order chi connectivity index (χ0) is 14.3. The number of halogens is 4. The summed E-state index contributed by atoms with van der Waals surface area (Å²) in [6.07, 6.45) is 0.115. The Labute approximate surface area is 117 Å². The van der Waals surface area contributed by atoms with E-state index >= 15 is 0 Å². The van der Waals surface area contributed by atoms with Gasteiger partial charge >= 0.3 is 0 Å². The molecule has 1 N–H and O–H groups in total. The Bertz CT molecular complexity index is 739. The van der Waals surface area contributed by atoms with Crippen LogP contribution in [-0.4, -0.2) is 9.97 Å². The van der Waals surface area contributed by atoms with E-state index in [0.29, 0.717) is 11.3 Å². The number of hydrogen-bond acceptors (Lipinski definition) is 1. The van der Waals surface area contributed by atoms with Crippen molar-refractivity contribution in [3.63, 3.8) is 0 Å². The van der Waals surface area contributed by atoms with Crippen molar-refractivity contribution in [2.75, 3.05) is 0 Å². The van der Waals surface area contributed by atoms with Crippen molar-refractivity contribution in [3.8, 4) is 0 Å². The molecule has 2 aromatic carbocycles. The van der Waals surface area contributed by atoms with Crippen LogP contribution in [0.3, 0.4) is 0 Å². The summed E-state index contributed by atoms with van der Waals surface area (Å²) in [6.45, 7) is 0. The highest BCUT2D eigenvalue weighted by Gasteiger charge is 2.12. The SMILES string of the molecule is Fc1cc2nc(Cc3c(F)cccc3Cl)[nH]c2cc1F. The molecule has 0 fully saturated rings. The minimum Gasteiger partial charge on any atom is -0.342 e. The first-order valence-corrected chi connectivity index (χ1v) is 6.19. The first-order valence-electron chi connectivity index (χ1n) is 5.81. The Balaban J connectivity index is 2.03.